The van der Waals surface area contributed by atoms with Crippen LogP contribution in [0.3, 0.4) is 0 Å². The first kappa shape index (κ1) is 20.6. The van der Waals surface area contributed by atoms with E-state index in [-0.39, 0.29) is 23.8 Å². The quantitative estimate of drug-likeness (QED) is 0.659. The summed E-state index contributed by atoms with van der Waals surface area (Å²) in [6, 6.07) is 6.59. The summed E-state index contributed by atoms with van der Waals surface area (Å²) in [5.74, 6) is -1.61. The Bertz CT molecular complexity index is 1030. The van der Waals surface area contributed by atoms with Crippen molar-refractivity contribution in [1.82, 2.24) is 14.7 Å². The van der Waals surface area contributed by atoms with Gasteiger partial charge in [-0.25, -0.2) is 9.18 Å². The molecule has 3 heterocycles. The molecule has 31 heavy (non-hydrogen) atoms. The lowest BCUT2D eigenvalue weighted by Crippen LogP contribution is -2.59. The zero-order valence-electron chi connectivity index (χ0n) is 16.4. The first-order chi connectivity index (χ1) is 14.9. The number of anilines is 2. The highest BCUT2D eigenvalue weighted by atomic mass is 19.1. The average molecular weight is 428 g/mol. The molecule has 11 heteroatoms. The summed E-state index contributed by atoms with van der Waals surface area (Å²) in [5.41, 5.74) is 6.10. The molecule has 162 valence electrons. The van der Waals surface area contributed by atoms with Crippen molar-refractivity contribution in [2.24, 2.45) is 17.6 Å². The number of carbonyl (C=O) groups excluding carboxylic acids is 1. The van der Waals surface area contributed by atoms with Crippen molar-refractivity contribution in [3.8, 4) is 6.07 Å². The second-order valence-corrected chi connectivity index (χ2v) is 7.65. The van der Waals surface area contributed by atoms with E-state index in [0.717, 1.165) is 0 Å². The minimum Gasteiger partial charge on any atom is -0.465 e. The molecule has 0 saturated carbocycles. The second-order valence-electron chi connectivity index (χ2n) is 7.65. The highest BCUT2D eigenvalue weighted by Gasteiger charge is 2.48. The summed E-state index contributed by atoms with van der Waals surface area (Å²) < 4.78 is 19.9. The molecule has 0 bridgehead atoms. The Balaban J connectivity index is 1.74. The van der Waals surface area contributed by atoms with E-state index >= 15 is 0 Å². The molecule has 2 aromatic rings. The van der Waals surface area contributed by atoms with E-state index in [4.69, 9.17) is 10.5 Å². The van der Waals surface area contributed by atoms with Gasteiger partial charge in [-0.3, -0.25) is 9.48 Å². The molecular formula is C20H21FN6O4. The first-order valence-corrected chi connectivity index (χ1v) is 9.77. The van der Waals surface area contributed by atoms with Gasteiger partial charge in [-0.05, 0) is 30.7 Å². The molecule has 4 rings (SSSR count). The number of likely N-dealkylation sites (tertiary alicyclic amines) is 1. The minimum atomic E-state index is -1.08. The van der Waals surface area contributed by atoms with Gasteiger partial charge in [0.25, 0.3) is 5.91 Å². The Labute approximate surface area is 177 Å². The van der Waals surface area contributed by atoms with Crippen LogP contribution in [0.1, 0.15) is 22.8 Å². The van der Waals surface area contributed by atoms with Crippen molar-refractivity contribution >= 4 is 23.5 Å². The normalized spacial score (nSPS) is 23.6. The number of hydrogen-bond donors (Lipinski definition) is 3. The highest BCUT2D eigenvalue weighted by molar-refractivity contribution is 5.98. The molecular weight excluding hydrogens is 407 g/mol. The molecule has 0 aliphatic carbocycles. The lowest BCUT2D eigenvalue weighted by molar-refractivity contribution is -0.0955. The van der Waals surface area contributed by atoms with Crippen molar-refractivity contribution in [3.63, 3.8) is 0 Å². The van der Waals surface area contributed by atoms with Gasteiger partial charge < -0.3 is 25.8 Å². The molecule has 0 spiro atoms. The summed E-state index contributed by atoms with van der Waals surface area (Å²) in [6.45, 7) is 0.997. The van der Waals surface area contributed by atoms with Crippen LogP contribution in [0.5, 0.6) is 0 Å². The molecule has 1 aromatic heterocycles. The molecule has 2 aliphatic rings. The Morgan fingerprint density at radius 2 is 2.00 bits per heavy atom. The van der Waals surface area contributed by atoms with E-state index in [1.165, 1.54) is 40.0 Å². The van der Waals surface area contributed by atoms with Crippen molar-refractivity contribution < 1.29 is 23.8 Å². The number of aromatic nitrogens is 2. The number of amides is 2. The number of nitrogens with two attached hydrogens (primary N) is 1. The number of carbonyl (C=O) groups is 2. The number of nitrogens with zero attached hydrogens (tertiary/aromatic N) is 4. The zero-order chi connectivity index (χ0) is 22.1. The molecule has 2 saturated heterocycles. The smallest absolute Gasteiger partial charge is 0.407 e. The maximum Gasteiger partial charge on any atom is 0.407 e. The Morgan fingerprint density at radius 1 is 1.29 bits per heavy atom. The molecule has 2 amide bonds. The minimum absolute atomic E-state index is 0.0806. The van der Waals surface area contributed by atoms with Gasteiger partial charge >= 0.3 is 6.09 Å². The summed E-state index contributed by atoms with van der Waals surface area (Å²) in [4.78, 5) is 25.3. The van der Waals surface area contributed by atoms with Gasteiger partial charge in [0.15, 0.2) is 5.82 Å². The third-order valence-corrected chi connectivity index (χ3v) is 5.77. The fourth-order valence-electron chi connectivity index (χ4n) is 4.20. The molecule has 10 nitrogen and oxygen atoms in total. The standard InChI is InChI=1S/C20H21FN6O4/c21-13-1-3-14(4-2-13)24-19-15(18(23)28)8-27(25-19)17-11(7-22)5-6-26(20(29)30)16(17)12-9-31-10-12/h1-4,8,11-12,16-17H,5-6,9-10H2,(H2,23,28)(H,24,25)(H,29,30)/t11-,16?,17-/m0/s1. The Morgan fingerprint density at radius 3 is 2.55 bits per heavy atom. The number of halogens is 1. The van der Waals surface area contributed by atoms with Crippen LogP contribution in [0.2, 0.25) is 0 Å². The Hall–Kier alpha value is -3.65. The van der Waals surface area contributed by atoms with E-state index in [9.17, 15) is 24.3 Å². The van der Waals surface area contributed by atoms with Crippen molar-refractivity contribution in [1.29, 1.82) is 5.26 Å². The number of nitrogens with one attached hydrogen (secondary N) is 1. The predicted molar refractivity (Wildman–Crippen MR) is 106 cm³/mol. The number of carboxylic acid groups (broad SMARTS) is 1. The number of primary amides is 1. The van der Waals surface area contributed by atoms with Crippen LogP contribution >= 0.6 is 0 Å². The molecule has 4 N–H and O–H groups in total. The van der Waals surface area contributed by atoms with Gasteiger partial charge in [0.2, 0.25) is 0 Å². The monoisotopic (exact) mass is 428 g/mol. The molecule has 0 radical (unpaired) electrons. The SMILES string of the molecule is N#C[C@@H]1CCN(C(=O)O)C(C2COC2)[C@H]1n1cc(C(N)=O)c(Nc2ccc(F)cc2)n1. The number of hydrogen-bond acceptors (Lipinski definition) is 6. The lowest BCUT2D eigenvalue weighted by atomic mass is 9.79. The average Bonchev–Trinajstić information content (AvgIpc) is 3.11. The molecule has 2 aliphatic heterocycles. The van der Waals surface area contributed by atoms with Crippen molar-refractivity contribution in [3.05, 3.63) is 41.8 Å². The van der Waals surface area contributed by atoms with Crippen LogP contribution in [0.4, 0.5) is 20.7 Å². The summed E-state index contributed by atoms with van der Waals surface area (Å²) >= 11 is 0. The van der Waals surface area contributed by atoms with Crippen LogP contribution < -0.4 is 11.1 Å². The molecule has 1 aromatic carbocycles. The Kier molecular flexibility index (Phi) is 5.48. The second kappa shape index (κ2) is 8.23. The van der Waals surface area contributed by atoms with Gasteiger partial charge in [-0.1, -0.05) is 0 Å². The summed E-state index contributed by atoms with van der Waals surface area (Å²) in [6.07, 6.45) is 0.690. The number of ether oxygens (including phenoxy) is 1. The van der Waals surface area contributed by atoms with E-state index < -0.39 is 35.8 Å². The first-order valence-electron chi connectivity index (χ1n) is 9.77. The summed E-state index contributed by atoms with van der Waals surface area (Å²) in [7, 11) is 0. The van der Waals surface area contributed by atoms with Crippen LogP contribution in [-0.4, -0.2) is 57.6 Å². The van der Waals surface area contributed by atoms with Gasteiger partial charge in [0.1, 0.15) is 11.4 Å². The third kappa shape index (κ3) is 3.89. The fourth-order valence-corrected chi connectivity index (χ4v) is 4.20. The van der Waals surface area contributed by atoms with Gasteiger partial charge in [0.05, 0.1) is 37.3 Å². The number of benzene rings is 1. The van der Waals surface area contributed by atoms with Crippen LogP contribution in [0.25, 0.3) is 0 Å². The predicted octanol–water partition coefficient (Wildman–Crippen LogP) is 1.94. The number of piperidine rings is 1. The van der Waals surface area contributed by atoms with E-state index in [0.29, 0.717) is 25.3 Å². The van der Waals surface area contributed by atoms with E-state index in [1.54, 1.807) is 0 Å². The number of nitriles is 1. The maximum atomic E-state index is 13.2. The van der Waals surface area contributed by atoms with Crippen LogP contribution in [0, 0.1) is 29.0 Å². The molecule has 3 atom stereocenters. The lowest BCUT2D eigenvalue weighted by Gasteiger charge is -2.48. The molecule has 2 fully saturated rings. The maximum absolute atomic E-state index is 13.2. The van der Waals surface area contributed by atoms with Gasteiger partial charge in [-0.2, -0.15) is 10.4 Å². The number of rotatable bonds is 5. The van der Waals surface area contributed by atoms with Crippen molar-refractivity contribution in [2.75, 3.05) is 25.1 Å². The highest BCUT2D eigenvalue weighted by Crippen LogP contribution is 2.39. The van der Waals surface area contributed by atoms with E-state index in [1.807, 2.05) is 0 Å². The van der Waals surface area contributed by atoms with E-state index in [2.05, 4.69) is 16.5 Å². The molecule has 1 unspecified atom stereocenters. The zero-order valence-corrected chi connectivity index (χ0v) is 16.4. The van der Waals surface area contributed by atoms with Gasteiger partial charge in [0, 0.05) is 24.3 Å². The van der Waals surface area contributed by atoms with Crippen LogP contribution in [0.15, 0.2) is 30.5 Å². The van der Waals surface area contributed by atoms with Crippen LogP contribution in [-0.2, 0) is 4.74 Å². The fraction of sp³-hybridized carbons (Fsp3) is 0.400. The topological polar surface area (TPSA) is 146 Å². The van der Waals surface area contributed by atoms with Crippen molar-refractivity contribution in [2.45, 2.75) is 18.5 Å². The third-order valence-electron chi connectivity index (χ3n) is 5.77. The summed E-state index contributed by atoms with van der Waals surface area (Å²) in [5, 5.41) is 26.9. The largest absolute Gasteiger partial charge is 0.465 e. The van der Waals surface area contributed by atoms with Gasteiger partial charge in [-0.15, -0.1) is 0 Å².